The van der Waals surface area contributed by atoms with Crippen LogP contribution in [0.4, 0.5) is 0 Å². The Balaban J connectivity index is 1.81. The molecule has 0 saturated heterocycles. The molecule has 0 amide bonds. The van der Waals surface area contributed by atoms with Gasteiger partial charge in [0.2, 0.25) is 0 Å². The van der Waals surface area contributed by atoms with Crippen molar-refractivity contribution in [1.82, 2.24) is 0 Å². The highest BCUT2D eigenvalue weighted by atomic mass is 16.5. The van der Waals surface area contributed by atoms with Crippen molar-refractivity contribution in [3.63, 3.8) is 0 Å². The monoisotopic (exact) mass is 300 g/mol. The number of allylic oxidation sites excluding steroid dienone is 1. The van der Waals surface area contributed by atoms with Crippen LogP contribution in [0.5, 0.6) is 0 Å². The Kier molecular flexibility index (Phi) is 5.82. The van der Waals surface area contributed by atoms with Gasteiger partial charge in [-0.2, -0.15) is 0 Å². The summed E-state index contributed by atoms with van der Waals surface area (Å²) in [6.07, 6.45) is 7.93. The molecule has 1 unspecified atom stereocenters. The van der Waals surface area contributed by atoms with Gasteiger partial charge in [0, 0.05) is 6.08 Å². The van der Waals surface area contributed by atoms with Crippen molar-refractivity contribution in [2.45, 2.75) is 59.5 Å². The van der Waals surface area contributed by atoms with Crippen molar-refractivity contribution < 1.29 is 9.53 Å². The van der Waals surface area contributed by atoms with Crippen LogP contribution in [0.3, 0.4) is 0 Å². The predicted molar refractivity (Wildman–Crippen MR) is 90.4 cm³/mol. The molecule has 0 spiro atoms. The summed E-state index contributed by atoms with van der Waals surface area (Å²) in [6, 6.07) is 9.81. The second kappa shape index (κ2) is 7.62. The number of hydrogen-bond donors (Lipinski definition) is 0. The van der Waals surface area contributed by atoms with Gasteiger partial charge in [0.25, 0.3) is 0 Å². The minimum absolute atomic E-state index is 0.152. The normalized spacial score (nSPS) is 21.4. The predicted octanol–water partition coefficient (Wildman–Crippen LogP) is 5.28. The van der Waals surface area contributed by atoms with Crippen LogP contribution in [0.15, 0.2) is 42.0 Å². The molecule has 22 heavy (non-hydrogen) atoms. The summed E-state index contributed by atoms with van der Waals surface area (Å²) >= 11 is 0. The summed E-state index contributed by atoms with van der Waals surface area (Å²) < 4.78 is 5.35. The van der Waals surface area contributed by atoms with E-state index in [0.717, 1.165) is 12.0 Å². The number of carbonyl (C=O) groups is 1. The topological polar surface area (TPSA) is 26.3 Å². The van der Waals surface area contributed by atoms with E-state index in [9.17, 15) is 4.79 Å². The van der Waals surface area contributed by atoms with Crippen LogP contribution in [-0.2, 0) is 16.1 Å². The highest BCUT2D eigenvalue weighted by molar-refractivity contribution is 5.83. The smallest absolute Gasteiger partial charge is 0.331 e. The number of hydrogen-bond acceptors (Lipinski definition) is 2. The quantitative estimate of drug-likeness (QED) is 0.389. The lowest BCUT2D eigenvalue weighted by Gasteiger charge is -2.47. The molecule has 1 aromatic carbocycles. The molecule has 0 aromatic heterocycles. The maximum Gasteiger partial charge on any atom is 0.331 e. The lowest BCUT2D eigenvalue weighted by atomic mass is 9.57. The third-order valence-electron chi connectivity index (χ3n) is 4.99. The van der Waals surface area contributed by atoms with Crippen molar-refractivity contribution in [1.29, 1.82) is 0 Å². The minimum atomic E-state index is -0.209. The van der Waals surface area contributed by atoms with Crippen molar-refractivity contribution in [2.75, 3.05) is 0 Å². The first-order valence-corrected chi connectivity index (χ1v) is 8.45. The maximum atomic E-state index is 12.0. The van der Waals surface area contributed by atoms with E-state index in [1.807, 2.05) is 30.3 Å². The molecule has 1 saturated carbocycles. The fourth-order valence-electron chi connectivity index (χ4n) is 3.18. The van der Waals surface area contributed by atoms with Gasteiger partial charge >= 0.3 is 5.97 Å². The molecular weight excluding hydrogens is 272 g/mol. The highest BCUT2D eigenvalue weighted by Crippen LogP contribution is 2.53. The molecule has 1 aromatic rings. The van der Waals surface area contributed by atoms with Gasteiger partial charge in [-0.25, -0.2) is 4.79 Å². The fraction of sp³-hybridized carbons (Fsp3) is 0.550. The average molecular weight is 300 g/mol. The van der Waals surface area contributed by atoms with E-state index in [2.05, 4.69) is 20.8 Å². The summed E-state index contributed by atoms with van der Waals surface area (Å²) in [5.74, 6) is 0.506. The summed E-state index contributed by atoms with van der Waals surface area (Å²) in [6.45, 7) is 7.09. The number of esters is 1. The third kappa shape index (κ3) is 4.22. The molecule has 0 aliphatic heterocycles. The largest absolute Gasteiger partial charge is 0.458 e. The van der Waals surface area contributed by atoms with Crippen LogP contribution in [0.25, 0.3) is 0 Å². The Morgan fingerprint density at radius 1 is 1.27 bits per heavy atom. The Morgan fingerprint density at radius 3 is 2.64 bits per heavy atom. The first kappa shape index (κ1) is 16.8. The van der Waals surface area contributed by atoms with Gasteiger partial charge in [0.15, 0.2) is 0 Å². The van der Waals surface area contributed by atoms with Gasteiger partial charge in [0.1, 0.15) is 6.61 Å². The molecule has 2 rings (SSSR count). The molecule has 0 bridgehead atoms. The van der Waals surface area contributed by atoms with E-state index in [1.165, 1.54) is 31.3 Å². The SMILES string of the molecule is CCCCCC1CC(=CC(=O)OCc2ccccc2)C1(C)C. The van der Waals surface area contributed by atoms with E-state index in [-0.39, 0.29) is 11.4 Å². The number of unbranched alkanes of at least 4 members (excludes halogenated alkanes) is 2. The van der Waals surface area contributed by atoms with Crippen molar-refractivity contribution in [3.8, 4) is 0 Å². The van der Waals surface area contributed by atoms with Crippen molar-refractivity contribution >= 4 is 5.97 Å². The van der Waals surface area contributed by atoms with E-state index in [4.69, 9.17) is 4.74 Å². The zero-order valence-electron chi connectivity index (χ0n) is 14.1. The molecule has 120 valence electrons. The zero-order valence-corrected chi connectivity index (χ0v) is 14.1. The van der Waals surface area contributed by atoms with Crippen LogP contribution in [0, 0.1) is 11.3 Å². The molecule has 1 fully saturated rings. The molecule has 1 aliphatic rings. The first-order valence-electron chi connectivity index (χ1n) is 8.45. The lowest BCUT2D eigenvalue weighted by Crippen LogP contribution is -2.38. The maximum absolute atomic E-state index is 12.0. The van der Waals surface area contributed by atoms with Gasteiger partial charge in [-0.1, -0.05) is 75.9 Å². The highest BCUT2D eigenvalue weighted by Gasteiger charge is 2.42. The van der Waals surface area contributed by atoms with E-state index < -0.39 is 0 Å². The molecule has 1 atom stereocenters. The van der Waals surface area contributed by atoms with Crippen molar-refractivity contribution in [2.24, 2.45) is 11.3 Å². The van der Waals surface area contributed by atoms with Crippen LogP contribution in [0.1, 0.15) is 58.4 Å². The van der Waals surface area contributed by atoms with Gasteiger partial charge in [-0.05, 0) is 29.7 Å². The van der Waals surface area contributed by atoms with Gasteiger partial charge in [-0.3, -0.25) is 0 Å². The van der Waals surface area contributed by atoms with E-state index >= 15 is 0 Å². The van der Waals surface area contributed by atoms with Crippen LogP contribution < -0.4 is 0 Å². The lowest BCUT2D eigenvalue weighted by molar-refractivity contribution is -0.139. The van der Waals surface area contributed by atoms with Crippen LogP contribution in [0.2, 0.25) is 0 Å². The Morgan fingerprint density at radius 2 is 2.00 bits per heavy atom. The second-order valence-corrected chi connectivity index (χ2v) is 6.88. The first-order chi connectivity index (χ1) is 10.5. The average Bonchev–Trinajstić information content (AvgIpc) is 2.52. The summed E-state index contributed by atoms with van der Waals surface area (Å²) in [4.78, 5) is 12.0. The van der Waals surface area contributed by atoms with Gasteiger partial charge in [-0.15, -0.1) is 0 Å². The molecule has 0 heterocycles. The number of benzene rings is 1. The Bertz CT molecular complexity index is 514. The van der Waals surface area contributed by atoms with Gasteiger partial charge < -0.3 is 4.74 Å². The number of ether oxygens (including phenoxy) is 1. The Hall–Kier alpha value is -1.57. The number of rotatable bonds is 7. The molecule has 2 heteroatoms. The third-order valence-corrected chi connectivity index (χ3v) is 4.99. The summed E-state index contributed by atoms with van der Waals surface area (Å²) in [5, 5.41) is 0. The second-order valence-electron chi connectivity index (χ2n) is 6.88. The fourth-order valence-corrected chi connectivity index (χ4v) is 3.18. The standard InChI is InChI=1S/C20H28O2/c1-4-5-7-12-17-13-18(20(17,2)3)14-19(21)22-15-16-10-8-6-9-11-16/h6,8-11,14,17H,4-5,7,12-13,15H2,1-3H3. The summed E-state index contributed by atoms with van der Waals surface area (Å²) in [5.41, 5.74) is 2.42. The molecule has 0 radical (unpaired) electrons. The van der Waals surface area contributed by atoms with E-state index in [1.54, 1.807) is 6.08 Å². The van der Waals surface area contributed by atoms with Crippen LogP contribution in [-0.4, -0.2) is 5.97 Å². The Labute approximate surface area is 134 Å². The molecule has 2 nitrogen and oxygen atoms in total. The zero-order chi connectivity index (χ0) is 16.0. The van der Waals surface area contributed by atoms with Crippen LogP contribution >= 0.6 is 0 Å². The minimum Gasteiger partial charge on any atom is -0.458 e. The molecule has 0 N–H and O–H groups in total. The molecular formula is C20H28O2. The summed E-state index contributed by atoms with van der Waals surface area (Å²) in [7, 11) is 0. The van der Waals surface area contributed by atoms with Gasteiger partial charge in [0.05, 0.1) is 0 Å². The molecule has 1 aliphatic carbocycles. The van der Waals surface area contributed by atoms with E-state index in [0.29, 0.717) is 12.5 Å². The number of carbonyl (C=O) groups excluding carboxylic acids is 1. The van der Waals surface area contributed by atoms with Crippen molar-refractivity contribution in [3.05, 3.63) is 47.5 Å².